The highest BCUT2D eigenvalue weighted by Gasteiger charge is 1.97. The molecule has 1 aromatic carbocycles. The molecule has 0 saturated heterocycles. The van der Waals surface area contributed by atoms with Gasteiger partial charge in [-0.15, -0.1) is 0 Å². The number of benzene rings is 1. The Morgan fingerprint density at radius 3 is 2.00 bits per heavy atom. The highest BCUT2D eigenvalue weighted by atomic mass is 16.5. The maximum Gasteiger partial charge on any atom is 0.160 e. The summed E-state index contributed by atoms with van der Waals surface area (Å²) in [4.78, 5) is 0. The molecule has 0 bridgehead atoms. The molecule has 0 aliphatic rings. The van der Waals surface area contributed by atoms with Crippen LogP contribution in [0.5, 0.6) is 11.5 Å². The molecule has 2 heteroatoms. The second-order valence-electron chi connectivity index (χ2n) is 1.65. The van der Waals surface area contributed by atoms with Crippen LogP contribution < -0.4 is 9.47 Å². The molecule has 0 aliphatic carbocycles. The third-order valence-electron chi connectivity index (χ3n) is 1.07. The lowest BCUT2D eigenvalue weighted by molar-refractivity contribution is 0.355. The Balaban J connectivity index is 2.92. The van der Waals surface area contributed by atoms with E-state index in [9.17, 15) is 0 Å². The SMILES string of the molecule is [2H]C([2H])([2H])Oc1ccccc1OC([2H])([2H])[2H]. The molecule has 0 atom stereocenters. The first-order chi connectivity index (χ1) is 7.17. The smallest absolute Gasteiger partial charge is 0.160 e. The monoisotopic (exact) mass is 144 g/mol. The molecule has 0 aromatic heterocycles. The second kappa shape index (κ2) is 3.11. The van der Waals surface area contributed by atoms with Gasteiger partial charge < -0.3 is 9.47 Å². The third-order valence-corrected chi connectivity index (χ3v) is 1.07. The minimum Gasteiger partial charge on any atom is -0.493 e. The molecule has 10 heavy (non-hydrogen) atoms. The molecule has 0 spiro atoms. The van der Waals surface area contributed by atoms with E-state index in [0.29, 0.717) is 0 Å². The van der Waals surface area contributed by atoms with Crippen molar-refractivity contribution in [3.63, 3.8) is 0 Å². The Morgan fingerprint density at radius 2 is 1.60 bits per heavy atom. The van der Waals surface area contributed by atoms with Crippen LogP contribution in [-0.4, -0.2) is 14.1 Å². The zero-order chi connectivity index (χ0) is 12.4. The van der Waals surface area contributed by atoms with Crippen molar-refractivity contribution in [3.8, 4) is 11.5 Å². The van der Waals surface area contributed by atoms with Crippen LogP contribution in [-0.2, 0) is 0 Å². The van der Waals surface area contributed by atoms with Gasteiger partial charge in [-0.3, -0.25) is 0 Å². The van der Waals surface area contributed by atoms with Crippen molar-refractivity contribution in [1.29, 1.82) is 0 Å². The van der Waals surface area contributed by atoms with Gasteiger partial charge in [0.2, 0.25) is 0 Å². The van der Waals surface area contributed by atoms with Crippen LogP contribution in [0.4, 0.5) is 0 Å². The van der Waals surface area contributed by atoms with Crippen LogP contribution in [0.15, 0.2) is 24.3 Å². The number of methoxy groups -OCH3 is 2. The lowest BCUT2D eigenvalue weighted by Gasteiger charge is -2.04. The van der Waals surface area contributed by atoms with Crippen LogP contribution in [0.25, 0.3) is 0 Å². The van der Waals surface area contributed by atoms with Crippen molar-refractivity contribution >= 4 is 0 Å². The first-order valence-electron chi connectivity index (χ1n) is 5.64. The van der Waals surface area contributed by atoms with E-state index in [0.717, 1.165) is 0 Å². The van der Waals surface area contributed by atoms with Gasteiger partial charge in [-0.05, 0) is 12.1 Å². The van der Waals surface area contributed by atoms with Gasteiger partial charge in [0.1, 0.15) is 0 Å². The molecule has 0 saturated carbocycles. The van der Waals surface area contributed by atoms with Crippen LogP contribution in [0.2, 0.25) is 0 Å². The fraction of sp³-hybridized carbons (Fsp3) is 0.250. The second-order valence-corrected chi connectivity index (χ2v) is 1.65. The molecule has 0 N–H and O–H groups in total. The third kappa shape index (κ3) is 1.21. The molecule has 0 unspecified atom stereocenters. The minimum atomic E-state index is -2.64. The van der Waals surface area contributed by atoms with E-state index in [2.05, 4.69) is 9.47 Å². The summed E-state index contributed by atoms with van der Waals surface area (Å²) in [5, 5.41) is 0. The average molecular weight is 144 g/mol. The van der Waals surface area contributed by atoms with Gasteiger partial charge in [0.25, 0.3) is 0 Å². The van der Waals surface area contributed by atoms with Crippen molar-refractivity contribution < 1.29 is 17.7 Å². The Hall–Kier alpha value is -1.18. The van der Waals surface area contributed by atoms with Crippen molar-refractivity contribution in [3.05, 3.63) is 24.3 Å². The van der Waals surface area contributed by atoms with Crippen LogP contribution in [0, 0.1) is 0 Å². The maximum absolute atomic E-state index is 6.91. The first kappa shape index (κ1) is 2.46. The highest BCUT2D eigenvalue weighted by molar-refractivity contribution is 5.38. The Kier molecular flexibility index (Phi) is 0.763. The molecule has 0 amide bonds. The topological polar surface area (TPSA) is 18.5 Å². The van der Waals surface area contributed by atoms with Crippen molar-refractivity contribution in [2.24, 2.45) is 0 Å². The number of hydrogen-bond acceptors (Lipinski definition) is 2. The zero-order valence-corrected chi connectivity index (χ0v) is 5.13. The Labute approximate surface area is 68.8 Å². The lowest BCUT2D eigenvalue weighted by Crippen LogP contribution is -1.88. The molecule has 1 rings (SSSR count). The summed E-state index contributed by atoms with van der Waals surface area (Å²) in [5.74, 6) is -0.253. The zero-order valence-electron chi connectivity index (χ0n) is 11.1. The molecule has 54 valence electrons. The van der Waals surface area contributed by atoms with Gasteiger partial charge >= 0.3 is 0 Å². The maximum atomic E-state index is 6.91. The van der Waals surface area contributed by atoms with E-state index >= 15 is 0 Å². The Bertz CT molecular complexity index is 321. The number of hydrogen-bond donors (Lipinski definition) is 0. The van der Waals surface area contributed by atoms with Gasteiger partial charge in [-0.2, -0.15) is 0 Å². The summed E-state index contributed by atoms with van der Waals surface area (Å²) < 4.78 is 50.7. The van der Waals surface area contributed by atoms with Gasteiger partial charge in [0.15, 0.2) is 11.5 Å². The molecular weight excluding hydrogens is 128 g/mol. The van der Waals surface area contributed by atoms with E-state index in [-0.39, 0.29) is 11.5 Å². The molecule has 2 nitrogen and oxygen atoms in total. The predicted octanol–water partition coefficient (Wildman–Crippen LogP) is 1.70. The van der Waals surface area contributed by atoms with Crippen LogP contribution in [0.1, 0.15) is 8.22 Å². The van der Waals surface area contributed by atoms with Gasteiger partial charge in [0, 0.05) is 0 Å². The summed E-state index contributed by atoms with van der Waals surface area (Å²) >= 11 is 0. The summed E-state index contributed by atoms with van der Waals surface area (Å²) in [6, 6.07) is 5.70. The molecule has 0 radical (unpaired) electrons. The van der Waals surface area contributed by atoms with E-state index in [1.165, 1.54) is 24.3 Å². The van der Waals surface area contributed by atoms with Gasteiger partial charge in [-0.1, -0.05) is 12.1 Å². The minimum absolute atomic E-state index is 0.126. The largest absolute Gasteiger partial charge is 0.493 e. The summed E-state index contributed by atoms with van der Waals surface area (Å²) in [6.07, 6.45) is 0. The van der Waals surface area contributed by atoms with Crippen molar-refractivity contribution in [2.45, 2.75) is 0 Å². The summed E-state index contributed by atoms with van der Waals surface area (Å²) in [6.45, 7) is 0. The van der Waals surface area contributed by atoms with E-state index in [1.54, 1.807) is 0 Å². The van der Waals surface area contributed by atoms with Crippen molar-refractivity contribution in [1.82, 2.24) is 0 Å². The first-order valence-corrected chi connectivity index (χ1v) is 2.64. The molecule has 1 aromatic rings. The fourth-order valence-corrected chi connectivity index (χ4v) is 0.619. The van der Waals surface area contributed by atoms with Gasteiger partial charge in [0.05, 0.1) is 22.3 Å². The molecule has 0 heterocycles. The fourth-order valence-electron chi connectivity index (χ4n) is 0.619. The van der Waals surface area contributed by atoms with E-state index in [4.69, 9.17) is 8.22 Å². The standard InChI is InChI=1S/C8H10O2/c1-9-7-5-3-4-6-8(7)10-2/h3-6H,1-2H3/i1D3,2D3. The number of rotatable bonds is 2. The summed E-state index contributed by atoms with van der Waals surface area (Å²) in [5.41, 5.74) is 0. The van der Waals surface area contributed by atoms with Crippen LogP contribution in [0.3, 0.4) is 0 Å². The lowest BCUT2D eigenvalue weighted by atomic mass is 10.3. The normalized spacial score (nSPS) is 20.4. The highest BCUT2D eigenvalue weighted by Crippen LogP contribution is 2.24. The number of para-hydroxylation sites is 2. The Morgan fingerprint density at radius 1 is 1.10 bits per heavy atom. The van der Waals surface area contributed by atoms with Crippen LogP contribution >= 0.6 is 0 Å². The summed E-state index contributed by atoms with van der Waals surface area (Å²) in [7, 11) is -5.29. The average Bonchev–Trinajstić information content (AvgIpc) is 2.03. The van der Waals surface area contributed by atoms with Gasteiger partial charge in [-0.25, -0.2) is 0 Å². The molecule has 0 aliphatic heterocycles. The quantitative estimate of drug-likeness (QED) is 0.629. The molecule has 0 fully saturated rings. The van der Waals surface area contributed by atoms with Crippen molar-refractivity contribution in [2.75, 3.05) is 14.1 Å². The molecular formula is C8H10O2. The van der Waals surface area contributed by atoms with E-state index in [1.807, 2.05) is 0 Å². The van der Waals surface area contributed by atoms with E-state index < -0.39 is 14.1 Å². The number of ether oxygens (including phenoxy) is 2. The predicted molar refractivity (Wildman–Crippen MR) is 39.5 cm³/mol.